The van der Waals surface area contributed by atoms with Gasteiger partial charge in [0.2, 0.25) is 11.8 Å². The lowest BCUT2D eigenvalue weighted by molar-refractivity contribution is -0.144. The van der Waals surface area contributed by atoms with Crippen molar-refractivity contribution in [2.24, 2.45) is 0 Å². The number of ether oxygens (including phenoxy) is 2. The number of nitrogens with zero attached hydrogens (tertiary/aromatic N) is 1. The van der Waals surface area contributed by atoms with Gasteiger partial charge in [-0.25, -0.2) is 4.79 Å². The molecule has 44 heavy (non-hydrogen) atoms. The molecule has 2 atom stereocenters. The third-order valence-electron chi connectivity index (χ3n) is 6.85. The number of aromatic hydroxyl groups is 1. The maximum atomic E-state index is 14.5. The van der Waals surface area contributed by atoms with E-state index < -0.39 is 41.6 Å². The number of phenolic OH excluding ortho intramolecular Hbond substituents is 1. The number of hydrogen-bond donors (Lipinski definition) is 3. The quantitative estimate of drug-likeness (QED) is 0.175. The van der Waals surface area contributed by atoms with Crippen LogP contribution in [-0.2, 0) is 36.7 Å². The smallest absolute Gasteiger partial charge is 0.408 e. The minimum Gasteiger partial charge on any atom is -0.508 e. The molecule has 2 rings (SSSR count). The van der Waals surface area contributed by atoms with E-state index >= 15 is 0 Å². The van der Waals surface area contributed by atoms with Gasteiger partial charge in [0.15, 0.2) is 0 Å². The number of esters is 1. The number of nitrogens with one attached hydrogen (secondary N) is 2. The molecule has 0 fully saturated rings. The van der Waals surface area contributed by atoms with E-state index in [9.17, 15) is 24.3 Å². The van der Waals surface area contributed by atoms with Crippen LogP contribution in [0.1, 0.15) is 90.0 Å². The number of carbonyl (C=O) groups is 4. The molecule has 0 saturated heterocycles. The number of unbranched alkanes of at least 4 members (excludes halogenated alkanes) is 2. The molecule has 0 saturated carbocycles. The number of carbonyl (C=O) groups excluding carboxylic acids is 4. The van der Waals surface area contributed by atoms with Crippen molar-refractivity contribution in [2.75, 3.05) is 19.7 Å². The Hall–Kier alpha value is -4.08. The summed E-state index contributed by atoms with van der Waals surface area (Å²) in [6.07, 6.45) is 2.52. The van der Waals surface area contributed by atoms with Crippen LogP contribution in [0.2, 0.25) is 0 Å². The van der Waals surface area contributed by atoms with Crippen LogP contribution in [0.15, 0.2) is 48.5 Å². The Morgan fingerprint density at radius 1 is 0.909 bits per heavy atom. The molecular formula is C34H49N3O7. The second-order valence-electron chi connectivity index (χ2n) is 11.7. The van der Waals surface area contributed by atoms with Crippen LogP contribution < -0.4 is 10.6 Å². The van der Waals surface area contributed by atoms with Gasteiger partial charge in [-0.3, -0.25) is 14.4 Å². The zero-order chi connectivity index (χ0) is 32.7. The van der Waals surface area contributed by atoms with E-state index in [4.69, 9.17) is 9.47 Å². The Balaban J connectivity index is 2.53. The lowest BCUT2D eigenvalue weighted by atomic mass is 9.98. The van der Waals surface area contributed by atoms with Gasteiger partial charge in [0.25, 0.3) is 0 Å². The molecular weight excluding hydrogens is 562 g/mol. The van der Waals surface area contributed by atoms with Gasteiger partial charge in [-0.1, -0.05) is 63.1 Å². The van der Waals surface area contributed by atoms with Crippen molar-refractivity contribution in [1.82, 2.24) is 15.5 Å². The first-order valence-electron chi connectivity index (χ1n) is 15.5. The summed E-state index contributed by atoms with van der Waals surface area (Å²) in [5.74, 6) is -1.25. The van der Waals surface area contributed by atoms with Crippen LogP contribution in [0.5, 0.6) is 5.75 Å². The van der Waals surface area contributed by atoms with Gasteiger partial charge in [0.05, 0.1) is 13.0 Å². The van der Waals surface area contributed by atoms with Crippen molar-refractivity contribution >= 4 is 23.9 Å². The van der Waals surface area contributed by atoms with Crippen molar-refractivity contribution in [2.45, 2.75) is 97.8 Å². The van der Waals surface area contributed by atoms with Gasteiger partial charge < -0.3 is 30.1 Å². The molecule has 242 valence electrons. The van der Waals surface area contributed by atoms with Gasteiger partial charge in [-0.05, 0) is 69.4 Å². The molecule has 0 aliphatic carbocycles. The highest BCUT2D eigenvalue weighted by molar-refractivity contribution is 5.92. The largest absolute Gasteiger partial charge is 0.508 e. The third-order valence-corrected chi connectivity index (χ3v) is 6.85. The van der Waals surface area contributed by atoms with E-state index in [1.807, 2.05) is 38.1 Å². The fraction of sp³-hybridized carbons (Fsp3) is 0.529. The SMILES string of the molecule is CCCCCN(C(=O)C(Cc1ccc(O)cc1)NC(=O)OC(C)(C)C)C(C(=O)NCCC(=O)OCC)c1ccc(CC)cc1. The molecule has 3 N–H and O–H groups in total. The zero-order valence-electron chi connectivity index (χ0n) is 27.0. The summed E-state index contributed by atoms with van der Waals surface area (Å²) in [7, 11) is 0. The second-order valence-corrected chi connectivity index (χ2v) is 11.7. The van der Waals surface area contributed by atoms with E-state index in [0.717, 1.165) is 24.8 Å². The highest BCUT2D eigenvalue weighted by Crippen LogP contribution is 2.25. The van der Waals surface area contributed by atoms with E-state index in [0.29, 0.717) is 17.5 Å². The summed E-state index contributed by atoms with van der Waals surface area (Å²) in [5.41, 5.74) is 1.60. The molecule has 0 spiro atoms. The average Bonchev–Trinajstić information content (AvgIpc) is 2.96. The summed E-state index contributed by atoms with van der Waals surface area (Å²) in [4.78, 5) is 54.7. The molecule has 2 aromatic carbocycles. The summed E-state index contributed by atoms with van der Waals surface area (Å²) in [6.45, 7) is 11.5. The number of phenols is 1. The van der Waals surface area contributed by atoms with Gasteiger partial charge in [0.1, 0.15) is 23.4 Å². The molecule has 10 heteroatoms. The molecule has 2 unspecified atom stereocenters. The molecule has 0 aromatic heterocycles. The molecule has 2 aromatic rings. The molecule has 3 amide bonds. The first kappa shape index (κ1) is 36.1. The van der Waals surface area contributed by atoms with Crippen molar-refractivity contribution in [1.29, 1.82) is 0 Å². The standard InChI is InChI=1S/C34H49N3O7/c1-7-10-11-22-37(30(26-16-12-24(8-2)13-17-26)31(40)35-21-20-29(39)43-9-3)32(41)28(36-33(42)44-34(4,5)6)23-25-14-18-27(38)19-15-25/h12-19,28,30,38H,7-11,20-23H2,1-6H3,(H,35,40)(H,36,42). The van der Waals surface area contributed by atoms with Gasteiger partial charge in [-0.2, -0.15) is 0 Å². The van der Waals surface area contributed by atoms with Crippen LogP contribution in [0, 0.1) is 0 Å². The van der Waals surface area contributed by atoms with E-state index in [-0.39, 0.29) is 38.3 Å². The van der Waals surface area contributed by atoms with Crippen molar-refractivity contribution < 1.29 is 33.8 Å². The van der Waals surface area contributed by atoms with Crippen LogP contribution in [0.25, 0.3) is 0 Å². The lowest BCUT2D eigenvalue weighted by Crippen LogP contribution is -2.54. The predicted octanol–water partition coefficient (Wildman–Crippen LogP) is 5.22. The fourth-order valence-electron chi connectivity index (χ4n) is 4.64. The normalized spacial score (nSPS) is 12.5. The molecule has 0 aliphatic rings. The Bertz CT molecular complexity index is 1210. The number of hydrogen-bond acceptors (Lipinski definition) is 7. The van der Waals surface area contributed by atoms with Crippen LogP contribution in [0.3, 0.4) is 0 Å². The fourth-order valence-corrected chi connectivity index (χ4v) is 4.64. The van der Waals surface area contributed by atoms with Gasteiger partial charge in [-0.15, -0.1) is 0 Å². The predicted molar refractivity (Wildman–Crippen MR) is 169 cm³/mol. The number of amides is 3. The maximum absolute atomic E-state index is 14.5. The Morgan fingerprint density at radius 3 is 2.11 bits per heavy atom. The molecule has 10 nitrogen and oxygen atoms in total. The Morgan fingerprint density at radius 2 is 1.55 bits per heavy atom. The lowest BCUT2D eigenvalue weighted by Gasteiger charge is -2.34. The first-order chi connectivity index (χ1) is 20.9. The molecule has 0 bridgehead atoms. The Labute approximate surface area is 261 Å². The highest BCUT2D eigenvalue weighted by atomic mass is 16.6. The number of benzene rings is 2. The summed E-state index contributed by atoms with van der Waals surface area (Å²) in [5, 5.41) is 15.3. The summed E-state index contributed by atoms with van der Waals surface area (Å²) >= 11 is 0. The van der Waals surface area contributed by atoms with Crippen LogP contribution in [0.4, 0.5) is 4.79 Å². The maximum Gasteiger partial charge on any atom is 0.408 e. The second kappa shape index (κ2) is 17.9. The van der Waals surface area contributed by atoms with E-state index in [2.05, 4.69) is 10.6 Å². The van der Waals surface area contributed by atoms with Crippen molar-refractivity contribution in [3.63, 3.8) is 0 Å². The minimum absolute atomic E-state index is 0.00543. The zero-order valence-corrected chi connectivity index (χ0v) is 27.0. The number of alkyl carbamates (subject to hydrolysis) is 1. The van der Waals surface area contributed by atoms with Crippen molar-refractivity contribution in [3.05, 3.63) is 65.2 Å². The number of aryl methyl sites for hydroxylation is 1. The number of rotatable bonds is 16. The molecule has 0 aliphatic heterocycles. The van der Waals surface area contributed by atoms with Crippen LogP contribution in [-0.4, -0.2) is 65.2 Å². The van der Waals surface area contributed by atoms with Crippen LogP contribution >= 0.6 is 0 Å². The monoisotopic (exact) mass is 611 g/mol. The third kappa shape index (κ3) is 12.3. The summed E-state index contributed by atoms with van der Waals surface area (Å²) in [6, 6.07) is 11.8. The van der Waals surface area contributed by atoms with E-state index in [1.54, 1.807) is 39.8 Å². The van der Waals surface area contributed by atoms with E-state index in [1.165, 1.54) is 17.0 Å². The van der Waals surface area contributed by atoms with Gasteiger partial charge >= 0.3 is 12.1 Å². The Kier molecular flexibility index (Phi) is 14.7. The van der Waals surface area contributed by atoms with Gasteiger partial charge in [0, 0.05) is 19.5 Å². The minimum atomic E-state index is -1.07. The average molecular weight is 612 g/mol. The topological polar surface area (TPSA) is 134 Å². The first-order valence-corrected chi connectivity index (χ1v) is 15.5. The molecule has 0 heterocycles. The summed E-state index contributed by atoms with van der Waals surface area (Å²) < 4.78 is 10.5. The highest BCUT2D eigenvalue weighted by Gasteiger charge is 2.36. The molecule has 0 radical (unpaired) electrons. The van der Waals surface area contributed by atoms with Crippen molar-refractivity contribution in [3.8, 4) is 5.75 Å².